The number of aromatic nitrogens is 4. The average Bonchev–Trinajstić information content (AvgIpc) is 0.772. The molecule has 6 aliphatic rings. The zero-order chi connectivity index (χ0) is 80.2. The molecule has 22 nitrogen and oxygen atoms in total. The van der Waals surface area contributed by atoms with Crippen LogP contribution in [0.15, 0.2) is 207 Å². The van der Waals surface area contributed by atoms with Crippen molar-refractivity contribution in [3.63, 3.8) is 0 Å². The van der Waals surface area contributed by atoms with E-state index in [1.807, 2.05) is 80.6 Å². The zero-order valence-electron chi connectivity index (χ0n) is 62.5. The van der Waals surface area contributed by atoms with Crippen molar-refractivity contribution in [1.29, 1.82) is 5.26 Å². The molecule has 0 amide bonds. The van der Waals surface area contributed by atoms with Gasteiger partial charge in [-0.1, -0.05) is 17.8 Å². The van der Waals surface area contributed by atoms with Crippen LogP contribution in [0, 0.1) is 35.0 Å². The minimum absolute atomic E-state index is 0.0762. The standard InChI is InChI=1S/C23H17N3O2.C23H20N2O3.C21H17F3N2O5S.C20H18N2O3/c1-3-26(4-2)16-8-10-19-21(13-16)28-22-14-20(27)17-9-7-15(6-5-11-24)12-18(17)23(22)25-19;1-3-25(4-2)16-8-10-19-21(13-16)28-22-14-20(27)17-9-7-15(6-5-11-26)12-18(17)23(22)24-19;1-3-26(4-2)12-5-8-16-18(9-12)30-19-11-17(27)14-7-6-13(10-15(14)20(19)25-16)31-32(28,29)21(22,23)24;1-3-22(4-2)12-5-8-16-18(9-12)25-19-11-17(24)14-7-6-13(23)10-15(14)20(19)21-16/h7-10,12-14H,3-4H2,1-2H3;7-10,12-14,26H,3-4,11H2,1-2H3;5-11H,3-4H2,1-2H3;5-11,24H,3-4H2,1-2H3. The number of benzene rings is 12. The Morgan fingerprint density at radius 3 is 1.20 bits per heavy atom. The first kappa shape index (κ1) is 77.5. The van der Waals surface area contributed by atoms with Gasteiger partial charge in [-0.2, -0.15) is 26.9 Å². The Balaban J connectivity index is 0.000000132. The molecule has 16 rings (SSSR count). The van der Waals surface area contributed by atoms with Gasteiger partial charge in [-0.05, 0) is 177 Å². The summed E-state index contributed by atoms with van der Waals surface area (Å²) in [5.41, 5.74) is 6.48. The Hall–Kier alpha value is -13.6. The van der Waals surface area contributed by atoms with Crippen LogP contribution in [0.1, 0.15) is 66.5 Å². The maximum Gasteiger partial charge on any atom is 0.534 e. The quantitative estimate of drug-likeness (QED) is 0.0336. The smallest absolute Gasteiger partial charge is 0.507 e. The lowest BCUT2D eigenvalue weighted by molar-refractivity contribution is -0.0500. The van der Waals surface area contributed by atoms with Crippen molar-refractivity contribution in [1.82, 2.24) is 19.9 Å². The van der Waals surface area contributed by atoms with Crippen molar-refractivity contribution in [2.75, 3.05) is 78.6 Å². The van der Waals surface area contributed by atoms with Crippen LogP contribution in [0.3, 0.4) is 0 Å². The Labute approximate surface area is 643 Å². The van der Waals surface area contributed by atoms with E-state index in [0.717, 1.165) is 98.3 Å². The van der Waals surface area contributed by atoms with Gasteiger partial charge < -0.3 is 51.7 Å². The summed E-state index contributed by atoms with van der Waals surface area (Å²) in [7, 11) is -5.86. The topological polar surface area (TPSA) is 293 Å². The van der Waals surface area contributed by atoms with Gasteiger partial charge >= 0.3 is 15.6 Å². The molecule has 0 saturated heterocycles. The molecule has 4 heterocycles. The highest BCUT2D eigenvalue weighted by atomic mass is 32.2. The third kappa shape index (κ3) is 15.8. The molecule has 0 fully saturated rings. The van der Waals surface area contributed by atoms with Crippen molar-refractivity contribution in [2.45, 2.75) is 60.9 Å². The van der Waals surface area contributed by atoms with E-state index in [2.05, 4.69) is 99.0 Å². The molecule has 0 spiro atoms. The van der Waals surface area contributed by atoms with Crippen LogP contribution in [-0.2, 0) is 10.1 Å². The molecule has 570 valence electrons. The number of halogens is 3. The number of aliphatic hydroxyl groups is 1. The number of nitrogens with zero attached hydrogens (tertiary/aromatic N) is 9. The number of hydrogen-bond donors (Lipinski definition) is 2. The second-order valence-corrected chi connectivity index (χ2v) is 27.3. The van der Waals surface area contributed by atoms with E-state index in [1.54, 1.807) is 60.7 Å². The highest BCUT2D eigenvalue weighted by Gasteiger charge is 2.48. The van der Waals surface area contributed by atoms with Gasteiger partial charge in [0.2, 0.25) is 0 Å². The van der Waals surface area contributed by atoms with Crippen LogP contribution in [-0.4, -0.2) is 103 Å². The van der Waals surface area contributed by atoms with Crippen molar-refractivity contribution >= 4 is 131 Å². The fraction of sp³-hybridized carbons (Fsp3) is 0.207. The fourth-order valence-electron chi connectivity index (χ4n) is 13.6. The highest BCUT2D eigenvalue weighted by Crippen LogP contribution is 2.39. The van der Waals surface area contributed by atoms with Crippen molar-refractivity contribution < 1.29 is 53.7 Å². The van der Waals surface area contributed by atoms with Gasteiger partial charge in [-0.15, -0.1) is 0 Å². The molecule has 3 aliphatic heterocycles. The normalized spacial score (nSPS) is 11.4. The SMILES string of the molecule is CCN(CC)c1ccc2nc3c(cc(O)c4ccc(=O)cc43)oc2c1.CCN(CC)c1ccc2nc3c4cc(C#CC#N)ccc4c(=O)cc-3oc2c1.CCN(CC)c1ccc2nc3c4cc(C#CCO)ccc4c(=O)cc-3oc2c1.CCN(CC)c1ccc2nc3c4cc(OS(=O)(=O)C(F)(F)F)ccc4c(=O)cc-3oc2c1. The minimum Gasteiger partial charge on any atom is -0.507 e. The summed E-state index contributed by atoms with van der Waals surface area (Å²) < 4.78 is 88.9. The molecule has 0 saturated carbocycles. The third-order valence-electron chi connectivity index (χ3n) is 19.3. The van der Waals surface area contributed by atoms with Crippen LogP contribution in [0.5, 0.6) is 11.5 Å². The number of aliphatic hydroxyl groups excluding tert-OH is 1. The van der Waals surface area contributed by atoms with Gasteiger partial charge in [0, 0.05) is 184 Å². The summed E-state index contributed by atoms with van der Waals surface area (Å²) in [4.78, 5) is 76.8. The van der Waals surface area contributed by atoms with Gasteiger partial charge in [0.05, 0.1) is 0 Å². The number of fused-ring (bicyclic) bond motifs is 16. The van der Waals surface area contributed by atoms with Gasteiger partial charge in [0.15, 0.2) is 73.0 Å². The molecule has 3 aliphatic carbocycles. The Kier molecular flexibility index (Phi) is 22.3. The van der Waals surface area contributed by atoms with Gasteiger partial charge in [0.1, 0.15) is 62.8 Å². The van der Waals surface area contributed by atoms with E-state index >= 15 is 0 Å². The van der Waals surface area contributed by atoms with Gasteiger partial charge in [-0.3, -0.25) is 19.2 Å². The third-order valence-corrected chi connectivity index (χ3v) is 20.2. The maximum atomic E-state index is 12.7. The predicted octanol–water partition coefficient (Wildman–Crippen LogP) is 16.4. The summed E-state index contributed by atoms with van der Waals surface area (Å²) in [6.07, 6.45) is 0. The number of alkyl halides is 3. The van der Waals surface area contributed by atoms with Gasteiger partial charge in [-0.25, -0.2) is 19.9 Å². The lowest BCUT2D eigenvalue weighted by Gasteiger charge is -2.21. The zero-order valence-corrected chi connectivity index (χ0v) is 63.3. The molecule has 1 aromatic heterocycles. The van der Waals surface area contributed by atoms with Crippen molar-refractivity contribution in [2.24, 2.45) is 0 Å². The number of phenolic OH excluding ortho intramolecular Hbond substituents is 1. The molecule has 0 radical (unpaired) electrons. The first-order valence-corrected chi connectivity index (χ1v) is 37.8. The van der Waals surface area contributed by atoms with E-state index < -0.39 is 26.8 Å². The van der Waals surface area contributed by atoms with E-state index in [4.69, 9.17) is 38.0 Å². The monoisotopic (exact) mass is 1540 g/mol. The van der Waals surface area contributed by atoms with Crippen LogP contribution in [0.2, 0.25) is 0 Å². The molecule has 2 N–H and O–H groups in total. The maximum absolute atomic E-state index is 12.7. The molecular formula is C87H72F3N9O13S. The summed E-state index contributed by atoms with van der Waals surface area (Å²) in [5, 5.41) is 31.8. The first-order valence-electron chi connectivity index (χ1n) is 36.4. The van der Waals surface area contributed by atoms with Crippen molar-refractivity contribution in [3.8, 4) is 75.6 Å². The van der Waals surface area contributed by atoms with Crippen molar-refractivity contribution in [3.05, 3.63) is 222 Å². The molecule has 9 aromatic carbocycles. The number of phenols is 1. The lowest BCUT2D eigenvalue weighted by Crippen LogP contribution is -2.28. The molecular weight excluding hydrogens is 1470 g/mol. The average molecular weight is 1540 g/mol. The Morgan fingerprint density at radius 1 is 0.425 bits per heavy atom. The number of aromatic hydroxyl groups is 1. The summed E-state index contributed by atoms with van der Waals surface area (Å²) in [6, 6.07) is 49.0. The van der Waals surface area contributed by atoms with E-state index in [-0.39, 0.29) is 50.9 Å². The first-order chi connectivity index (χ1) is 54.4. The molecule has 113 heavy (non-hydrogen) atoms. The number of nitriles is 1. The van der Waals surface area contributed by atoms with Crippen LogP contribution >= 0.6 is 0 Å². The lowest BCUT2D eigenvalue weighted by atomic mass is 10.0. The highest BCUT2D eigenvalue weighted by molar-refractivity contribution is 7.88. The predicted molar refractivity (Wildman–Crippen MR) is 436 cm³/mol. The minimum atomic E-state index is -5.86. The molecule has 0 unspecified atom stereocenters. The second-order valence-electron chi connectivity index (χ2n) is 25.8. The summed E-state index contributed by atoms with van der Waals surface area (Å²) in [6.45, 7) is 23.4. The number of hydrogen-bond acceptors (Lipinski definition) is 22. The van der Waals surface area contributed by atoms with Crippen LogP contribution < -0.4 is 45.5 Å². The van der Waals surface area contributed by atoms with Crippen LogP contribution in [0.25, 0.3) is 133 Å². The molecule has 0 bridgehead atoms. The Bertz CT molecular complexity index is 6860. The number of rotatable bonds is 14. The molecule has 10 aromatic rings. The fourth-order valence-corrected chi connectivity index (χ4v) is 14.0. The van der Waals surface area contributed by atoms with Gasteiger partial charge in [0.25, 0.3) is 0 Å². The second kappa shape index (κ2) is 32.5. The molecule has 0 atom stereocenters. The Morgan fingerprint density at radius 2 is 0.805 bits per heavy atom. The van der Waals surface area contributed by atoms with E-state index in [9.17, 15) is 45.9 Å². The summed E-state index contributed by atoms with van der Waals surface area (Å²) in [5.74, 6) is 11.1. The van der Waals surface area contributed by atoms with E-state index in [1.165, 1.54) is 36.4 Å². The largest absolute Gasteiger partial charge is 0.534 e. The number of anilines is 4. The van der Waals surface area contributed by atoms with Crippen LogP contribution in [0.4, 0.5) is 35.9 Å². The summed E-state index contributed by atoms with van der Waals surface area (Å²) >= 11 is 0. The molecule has 26 heteroatoms. The van der Waals surface area contributed by atoms with E-state index in [0.29, 0.717) is 111 Å².